The standard InChI is InChI=1S/C20H28N2O2/c1-14(2)12-22-13-18(17-6-4-5-7-19(17)22)20(24)21-10-8-16(9-11-21)15(3)23/h4-7,13-16,23H,8-12H2,1-3H3. The highest BCUT2D eigenvalue weighted by molar-refractivity contribution is 6.07. The zero-order valence-electron chi connectivity index (χ0n) is 14.9. The number of para-hydroxylation sites is 1. The van der Waals surface area contributed by atoms with Crippen molar-refractivity contribution in [3.05, 3.63) is 36.0 Å². The Morgan fingerprint density at radius 3 is 2.50 bits per heavy atom. The monoisotopic (exact) mass is 328 g/mol. The van der Waals surface area contributed by atoms with Gasteiger partial charge in [0.25, 0.3) is 5.91 Å². The van der Waals surface area contributed by atoms with Gasteiger partial charge in [-0.25, -0.2) is 0 Å². The number of likely N-dealkylation sites (tertiary alicyclic amines) is 1. The van der Waals surface area contributed by atoms with E-state index in [4.69, 9.17) is 0 Å². The van der Waals surface area contributed by atoms with Crippen LogP contribution in [0, 0.1) is 11.8 Å². The molecular formula is C20H28N2O2. The first-order valence-corrected chi connectivity index (χ1v) is 9.02. The van der Waals surface area contributed by atoms with Gasteiger partial charge in [0.2, 0.25) is 0 Å². The maximum absolute atomic E-state index is 13.0. The lowest BCUT2D eigenvalue weighted by Crippen LogP contribution is -2.40. The second-order valence-corrected chi connectivity index (χ2v) is 7.48. The summed E-state index contributed by atoms with van der Waals surface area (Å²) in [6, 6.07) is 8.16. The van der Waals surface area contributed by atoms with E-state index in [1.54, 1.807) is 0 Å². The van der Waals surface area contributed by atoms with Crippen LogP contribution < -0.4 is 0 Å². The summed E-state index contributed by atoms with van der Waals surface area (Å²) in [4.78, 5) is 15.0. The molecule has 1 aromatic heterocycles. The molecule has 130 valence electrons. The van der Waals surface area contributed by atoms with Gasteiger partial charge in [0.15, 0.2) is 0 Å². The average molecular weight is 328 g/mol. The van der Waals surface area contributed by atoms with E-state index in [1.807, 2.05) is 36.2 Å². The Hall–Kier alpha value is -1.81. The second kappa shape index (κ2) is 6.98. The maximum Gasteiger partial charge on any atom is 0.256 e. The van der Waals surface area contributed by atoms with E-state index in [1.165, 1.54) is 0 Å². The average Bonchev–Trinajstić information content (AvgIpc) is 2.92. The number of carbonyl (C=O) groups is 1. The van der Waals surface area contributed by atoms with E-state index in [0.29, 0.717) is 11.8 Å². The van der Waals surface area contributed by atoms with Crippen molar-refractivity contribution < 1.29 is 9.90 Å². The number of fused-ring (bicyclic) bond motifs is 1. The van der Waals surface area contributed by atoms with Gasteiger partial charge < -0.3 is 14.6 Å². The molecule has 1 aromatic carbocycles. The van der Waals surface area contributed by atoms with Crippen LogP contribution >= 0.6 is 0 Å². The molecule has 2 aromatic rings. The first kappa shape index (κ1) is 17.0. The van der Waals surface area contributed by atoms with Gasteiger partial charge in [0, 0.05) is 36.7 Å². The van der Waals surface area contributed by atoms with Crippen LogP contribution in [0.25, 0.3) is 10.9 Å². The second-order valence-electron chi connectivity index (χ2n) is 7.48. The number of aliphatic hydroxyl groups excluding tert-OH is 1. The van der Waals surface area contributed by atoms with Crippen molar-refractivity contribution in [2.24, 2.45) is 11.8 Å². The van der Waals surface area contributed by atoms with E-state index >= 15 is 0 Å². The van der Waals surface area contributed by atoms with Crippen LogP contribution in [0.15, 0.2) is 30.5 Å². The lowest BCUT2D eigenvalue weighted by Gasteiger charge is -2.33. The topological polar surface area (TPSA) is 45.5 Å². The lowest BCUT2D eigenvalue weighted by atomic mass is 9.92. The fourth-order valence-corrected chi connectivity index (χ4v) is 3.72. The molecule has 0 radical (unpaired) electrons. The molecule has 1 amide bonds. The summed E-state index contributed by atoms with van der Waals surface area (Å²) in [6.07, 6.45) is 3.51. The van der Waals surface area contributed by atoms with Gasteiger partial charge in [0.05, 0.1) is 11.7 Å². The number of piperidine rings is 1. The molecule has 1 saturated heterocycles. The zero-order valence-corrected chi connectivity index (χ0v) is 14.9. The summed E-state index contributed by atoms with van der Waals surface area (Å²) in [6.45, 7) is 8.62. The first-order chi connectivity index (χ1) is 11.5. The Morgan fingerprint density at radius 2 is 1.88 bits per heavy atom. The van der Waals surface area contributed by atoms with Crippen LogP contribution in [0.4, 0.5) is 0 Å². The Kier molecular flexibility index (Phi) is 4.95. The molecule has 3 rings (SSSR count). The normalized spacial score (nSPS) is 17.6. The number of aliphatic hydroxyl groups is 1. The SMILES string of the molecule is CC(C)Cn1cc(C(=O)N2CCC(C(C)O)CC2)c2ccccc21. The smallest absolute Gasteiger partial charge is 0.256 e. The summed E-state index contributed by atoms with van der Waals surface area (Å²) in [7, 11) is 0. The van der Waals surface area contributed by atoms with Crippen molar-refractivity contribution in [2.45, 2.75) is 46.3 Å². The van der Waals surface area contributed by atoms with Crippen molar-refractivity contribution in [2.75, 3.05) is 13.1 Å². The minimum absolute atomic E-state index is 0.123. The molecule has 4 heteroatoms. The molecule has 1 aliphatic rings. The Balaban J connectivity index is 1.85. The first-order valence-electron chi connectivity index (χ1n) is 9.02. The molecule has 0 bridgehead atoms. The van der Waals surface area contributed by atoms with Crippen molar-refractivity contribution in [3.8, 4) is 0 Å². The summed E-state index contributed by atoms with van der Waals surface area (Å²) in [5.41, 5.74) is 1.94. The Morgan fingerprint density at radius 1 is 1.21 bits per heavy atom. The summed E-state index contributed by atoms with van der Waals surface area (Å²) < 4.78 is 2.20. The van der Waals surface area contributed by atoms with Crippen molar-refractivity contribution in [1.82, 2.24) is 9.47 Å². The van der Waals surface area contributed by atoms with Gasteiger partial charge >= 0.3 is 0 Å². The quantitative estimate of drug-likeness (QED) is 0.933. The van der Waals surface area contributed by atoms with E-state index in [0.717, 1.165) is 48.9 Å². The minimum Gasteiger partial charge on any atom is -0.393 e. The zero-order chi connectivity index (χ0) is 17.3. The number of carbonyl (C=O) groups excluding carboxylic acids is 1. The summed E-state index contributed by atoms with van der Waals surface area (Å²) in [5.74, 6) is 0.972. The van der Waals surface area contributed by atoms with Crippen LogP contribution in [0.3, 0.4) is 0 Å². The number of hydrogen-bond acceptors (Lipinski definition) is 2. The van der Waals surface area contributed by atoms with E-state index in [2.05, 4.69) is 24.5 Å². The third-order valence-corrected chi connectivity index (χ3v) is 5.09. The molecule has 1 fully saturated rings. The van der Waals surface area contributed by atoms with E-state index in [9.17, 15) is 9.90 Å². The van der Waals surface area contributed by atoms with Gasteiger partial charge in [-0.3, -0.25) is 4.79 Å². The van der Waals surface area contributed by atoms with Gasteiger partial charge in [-0.05, 0) is 37.7 Å². The summed E-state index contributed by atoms with van der Waals surface area (Å²) >= 11 is 0. The third kappa shape index (κ3) is 3.34. The number of rotatable bonds is 4. The molecule has 24 heavy (non-hydrogen) atoms. The Labute approximate surface area is 144 Å². The number of aromatic nitrogens is 1. The predicted octanol–water partition coefficient (Wildman–Crippen LogP) is 3.53. The fraction of sp³-hybridized carbons (Fsp3) is 0.550. The van der Waals surface area contributed by atoms with E-state index < -0.39 is 0 Å². The van der Waals surface area contributed by atoms with Crippen LogP contribution in [0.2, 0.25) is 0 Å². The van der Waals surface area contributed by atoms with Crippen molar-refractivity contribution in [1.29, 1.82) is 0 Å². The molecule has 0 aliphatic carbocycles. The molecule has 0 spiro atoms. The van der Waals surface area contributed by atoms with Crippen LogP contribution in [-0.2, 0) is 6.54 Å². The molecule has 4 nitrogen and oxygen atoms in total. The van der Waals surface area contributed by atoms with Crippen LogP contribution in [0.1, 0.15) is 44.0 Å². The van der Waals surface area contributed by atoms with Gasteiger partial charge in [0.1, 0.15) is 0 Å². The highest BCUT2D eigenvalue weighted by atomic mass is 16.3. The van der Waals surface area contributed by atoms with E-state index in [-0.39, 0.29) is 12.0 Å². The van der Waals surface area contributed by atoms with Crippen molar-refractivity contribution >= 4 is 16.8 Å². The highest BCUT2D eigenvalue weighted by Gasteiger charge is 2.27. The minimum atomic E-state index is -0.282. The van der Waals surface area contributed by atoms with Gasteiger partial charge in [-0.1, -0.05) is 32.0 Å². The molecule has 2 heterocycles. The number of benzene rings is 1. The summed E-state index contributed by atoms with van der Waals surface area (Å²) in [5, 5.41) is 10.8. The molecule has 0 saturated carbocycles. The lowest BCUT2D eigenvalue weighted by molar-refractivity contribution is 0.0522. The molecule has 1 unspecified atom stereocenters. The van der Waals surface area contributed by atoms with Crippen molar-refractivity contribution in [3.63, 3.8) is 0 Å². The maximum atomic E-state index is 13.0. The highest BCUT2D eigenvalue weighted by Crippen LogP contribution is 2.26. The van der Waals surface area contributed by atoms with Crippen LogP contribution in [-0.4, -0.2) is 39.7 Å². The number of nitrogens with zero attached hydrogens (tertiary/aromatic N) is 2. The molecular weight excluding hydrogens is 300 g/mol. The fourth-order valence-electron chi connectivity index (χ4n) is 3.72. The third-order valence-electron chi connectivity index (χ3n) is 5.09. The van der Waals surface area contributed by atoms with Crippen LogP contribution in [0.5, 0.6) is 0 Å². The Bertz CT molecular complexity index is 709. The largest absolute Gasteiger partial charge is 0.393 e. The molecule has 1 aliphatic heterocycles. The van der Waals surface area contributed by atoms with Gasteiger partial charge in [-0.2, -0.15) is 0 Å². The number of hydrogen-bond donors (Lipinski definition) is 1. The predicted molar refractivity (Wildman–Crippen MR) is 97.1 cm³/mol. The molecule has 1 N–H and O–H groups in total. The number of amides is 1. The molecule has 1 atom stereocenters. The van der Waals surface area contributed by atoms with Gasteiger partial charge in [-0.15, -0.1) is 0 Å².